The number of amides is 2. The number of fused-ring (bicyclic) bond motifs is 1. The van der Waals surface area contributed by atoms with Gasteiger partial charge in [0.05, 0.1) is 30.2 Å². The van der Waals surface area contributed by atoms with E-state index in [1.54, 1.807) is 7.11 Å². The van der Waals surface area contributed by atoms with Crippen molar-refractivity contribution in [2.24, 2.45) is 5.92 Å². The summed E-state index contributed by atoms with van der Waals surface area (Å²) in [6.07, 6.45) is 2.44. The first-order chi connectivity index (χ1) is 15.7. The van der Waals surface area contributed by atoms with Crippen molar-refractivity contribution in [3.63, 3.8) is 0 Å². The minimum absolute atomic E-state index is 0. The van der Waals surface area contributed by atoms with Crippen molar-refractivity contribution >= 4 is 47.7 Å². The normalized spacial score (nSPS) is 20.3. The van der Waals surface area contributed by atoms with Crippen LogP contribution in [0.2, 0.25) is 0 Å². The van der Waals surface area contributed by atoms with Gasteiger partial charge in [-0.25, -0.2) is 4.98 Å². The van der Waals surface area contributed by atoms with Gasteiger partial charge in [0.2, 0.25) is 5.91 Å². The second-order valence-corrected chi connectivity index (χ2v) is 8.47. The van der Waals surface area contributed by atoms with Gasteiger partial charge >= 0.3 is 0 Å². The first-order valence-electron chi connectivity index (χ1n) is 11.5. The van der Waals surface area contributed by atoms with Crippen molar-refractivity contribution in [3.05, 3.63) is 30.1 Å². The molecule has 0 bridgehead atoms. The number of aromatic nitrogens is 2. The zero-order valence-electron chi connectivity index (χ0n) is 19.5. The van der Waals surface area contributed by atoms with E-state index in [0.717, 1.165) is 23.9 Å². The Morgan fingerprint density at radius 3 is 2.71 bits per heavy atom. The number of ether oxygens (including phenoxy) is 2. The van der Waals surface area contributed by atoms with E-state index in [2.05, 4.69) is 15.6 Å². The largest absolute Gasteiger partial charge is 0.385 e. The average molecular weight is 516 g/mol. The molecule has 4 rings (SSSR count). The average Bonchev–Trinajstić information content (AvgIpc) is 3.21. The number of nitrogens with zero attached hydrogens (tertiary/aromatic N) is 3. The zero-order chi connectivity index (χ0) is 22.3. The number of aryl methyl sites for hydroxylation is 1. The molecule has 3 heterocycles. The molecule has 9 nitrogen and oxygen atoms in total. The number of benzene rings is 1. The Morgan fingerprint density at radius 2 is 1.94 bits per heavy atom. The molecule has 0 saturated carbocycles. The molecule has 0 aliphatic carbocycles. The summed E-state index contributed by atoms with van der Waals surface area (Å²) in [6, 6.07) is 7.70. The number of nitrogens with one attached hydrogen (secondary N) is 2. The van der Waals surface area contributed by atoms with Crippen LogP contribution in [0.5, 0.6) is 0 Å². The summed E-state index contributed by atoms with van der Waals surface area (Å²) in [6.45, 7) is 5.14. The lowest BCUT2D eigenvalue weighted by Gasteiger charge is -2.35. The lowest BCUT2D eigenvalue weighted by atomic mass is 9.94. The molecule has 2 N–H and O–H groups in total. The van der Waals surface area contributed by atoms with Gasteiger partial charge in [0.1, 0.15) is 0 Å². The summed E-state index contributed by atoms with van der Waals surface area (Å²) in [4.78, 5) is 32.6. The Hall–Kier alpha value is -1.91. The van der Waals surface area contributed by atoms with Crippen LogP contribution < -0.4 is 10.6 Å². The number of halogens is 2. The minimum atomic E-state index is -0.195. The lowest BCUT2D eigenvalue weighted by molar-refractivity contribution is -0.140. The fourth-order valence-corrected chi connectivity index (χ4v) is 4.52. The number of unbranched alkanes of at least 4 members (excludes halogenated alkanes) is 1. The summed E-state index contributed by atoms with van der Waals surface area (Å²) in [5.41, 5.74) is 1.77. The third kappa shape index (κ3) is 6.82. The molecule has 2 saturated heterocycles. The van der Waals surface area contributed by atoms with Gasteiger partial charge in [0, 0.05) is 52.5 Å². The predicted molar refractivity (Wildman–Crippen MR) is 135 cm³/mol. The standard InChI is InChI=1S/C23H33N5O4.2ClH/c1-31-11-5-4-8-28-20-7-3-2-6-19(20)26-21(28)22(29)25-18-14-17(15-24-16-18)23(30)27-9-12-32-13-10-27;;/h2-3,6-7,17-18,24H,4-5,8-16H2,1H3,(H,25,29);2*1H/t17-,18+;;/m1../s1. The number of methoxy groups -OCH3 is 1. The quantitative estimate of drug-likeness (QED) is 0.520. The van der Waals surface area contributed by atoms with Crippen LogP contribution >= 0.6 is 24.8 Å². The van der Waals surface area contributed by atoms with Crippen molar-refractivity contribution in [2.45, 2.75) is 31.8 Å². The van der Waals surface area contributed by atoms with Gasteiger partial charge in [-0.1, -0.05) is 12.1 Å². The van der Waals surface area contributed by atoms with E-state index in [9.17, 15) is 9.59 Å². The Morgan fingerprint density at radius 1 is 1.18 bits per heavy atom. The number of para-hydroxylation sites is 2. The number of rotatable bonds is 8. The van der Waals surface area contributed by atoms with E-state index >= 15 is 0 Å². The summed E-state index contributed by atoms with van der Waals surface area (Å²) in [7, 11) is 1.70. The van der Waals surface area contributed by atoms with Gasteiger partial charge in [0.15, 0.2) is 5.82 Å². The second kappa shape index (κ2) is 13.8. The molecule has 0 radical (unpaired) electrons. The van der Waals surface area contributed by atoms with Gasteiger partial charge in [-0.3, -0.25) is 9.59 Å². The number of carbonyl (C=O) groups is 2. The fourth-order valence-electron chi connectivity index (χ4n) is 4.52. The van der Waals surface area contributed by atoms with E-state index in [4.69, 9.17) is 9.47 Å². The van der Waals surface area contributed by atoms with Crippen LogP contribution in [0.1, 0.15) is 29.9 Å². The highest BCUT2D eigenvalue weighted by atomic mass is 35.5. The molecule has 11 heteroatoms. The Labute approximate surface area is 212 Å². The molecule has 1 aromatic heterocycles. The molecule has 2 atom stereocenters. The first kappa shape index (κ1) is 28.3. The molecule has 0 unspecified atom stereocenters. The molecule has 2 fully saturated rings. The Balaban J connectivity index is 0.00000204. The molecule has 0 spiro atoms. The fraction of sp³-hybridized carbons (Fsp3) is 0.609. The predicted octanol–water partition coefficient (Wildman–Crippen LogP) is 1.87. The smallest absolute Gasteiger partial charge is 0.287 e. The highest BCUT2D eigenvalue weighted by molar-refractivity contribution is 5.95. The van der Waals surface area contributed by atoms with E-state index in [0.29, 0.717) is 64.8 Å². The first-order valence-corrected chi connectivity index (χ1v) is 11.5. The summed E-state index contributed by atoms with van der Waals surface area (Å²) in [5.74, 6) is 0.231. The van der Waals surface area contributed by atoms with Crippen molar-refractivity contribution in [3.8, 4) is 0 Å². The lowest BCUT2D eigenvalue weighted by Crippen LogP contribution is -2.54. The monoisotopic (exact) mass is 515 g/mol. The minimum Gasteiger partial charge on any atom is -0.385 e. The number of carbonyl (C=O) groups excluding carboxylic acids is 2. The molecular formula is C23H35Cl2N5O4. The van der Waals surface area contributed by atoms with Crippen molar-refractivity contribution < 1.29 is 19.1 Å². The van der Waals surface area contributed by atoms with Crippen LogP contribution in [-0.4, -0.2) is 85.4 Å². The van der Waals surface area contributed by atoms with Gasteiger partial charge in [-0.2, -0.15) is 0 Å². The SMILES string of the molecule is COCCCCn1c(C(=O)N[C@@H]2CNC[C@H](C(=O)N3CCOCC3)C2)nc2ccccc21.Cl.Cl. The second-order valence-electron chi connectivity index (χ2n) is 8.47. The summed E-state index contributed by atoms with van der Waals surface area (Å²) < 4.78 is 12.5. The van der Waals surface area contributed by atoms with Crippen LogP contribution in [-0.2, 0) is 20.8 Å². The molecule has 2 aliphatic rings. The number of piperidine rings is 1. The van der Waals surface area contributed by atoms with Crippen LogP contribution in [0.4, 0.5) is 0 Å². The van der Waals surface area contributed by atoms with Gasteiger partial charge < -0.3 is 29.6 Å². The van der Waals surface area contributed by atoms with Gasteiger partial charge in [0.25, 0.3) is 5.91 Å². The van der Waals surface area contributed by atoms with Gasteiger partial charge in [-0.05, 0) is 31.4 Å². The van der Waals surface area contributed by atoms with Crippen LogP contribution in [0.15, 0.2) is 24.3 Å². The molecule has 1 aromatic carbocycles. The Kier molecular flexibility index (Phi) is 11.5. The molecule has 190 valence electrons. The molecule has 2 amide bonds. The van der Waals surface area contributed by atoms with Crippen LogP contribution in [0, 0.1) is 5.92 Å². The number of imidazole rings is 1. The topological polar surface area (TPSA) is 97.7 Å². The Bertz CT molecular complexity index is 935. The number of hydrogen-bond donors (Lipinski definition) is 2. The highest BCUT2D eigenvalue weighted by Gasteiger charge is 2.32. The van der Waals surface area contributed by atoms with Crippen molar-refractivity contribution in [1.82, 2.24) is 25.1 Å². The van der Waals surface area contributed by atoms with E-state index < -0.39 is 0 Å². The third-order valence-corrected chi connectivity index (χ3v) is 6.20. The van der Waals surface area contributed by atoms with Crippen molar-refractivity contribution in [1.29, 1.82) is 0 Å². The van der Waals surface area contributed by atoms with Gasteiger partial charge in [-0.15, -0.1) is 24.8 Å². The maximum atomic E-state index is 13.2. The van der Waals surface area contributed by atoms with Crippen molar-refractivity contribution in [2.75, 3.05) is 53.1 Å². The third-order valence-electron chi connectivity index (χ3n) is 6.20. The molecule has 34 heavy (non-hydrogen) atoms. The molecular weight excluding hydrogens is 481 g/mol. The van der Waals surface area contributed by atoms with E-state index in [-0.39, 0.29) is 48.6 Å². The van der Waals surface area contributed by atoms with E-state index in [1.165, 1.54) is 0 Å². The highest BCUT2D eigenvalue weighted by Crippen LogP contribution is 2.19. The maximum Gasteiger partial charge on any atom is 0.287 e. The molecule has 2 aliphatic heterocycles. The summed E-state index contributed by atoms with van der Waals surface area (Å²) >= 11 is 0. The molecule has 2 aromatic rings. The van der Waals surface area contributed by atoms with Crippen LogP contribution in [0.3, 0.4) is 0 Å². The van der Waals surface area contributed by atoms with E-state index in [1.807, 2.05) is 33.7 Å². The zero-order valence-corrected chi connectivity index (χ0v) is 21.2. The maximum absolute atomic E-state index is 13.2. The summed E-state index contributed by atoms with van der Waals surface area (Å²) in [5, 5.41) is 6.44. The number of morpholine rings is 1. The van der Waals surface area contributed by atoms with Crippen LogP contribution in [0.25, 0.3) is 11.0 Å². The number of hydrogen-bond acceptors (Lipinski definition) is 6.